The van der Waals surface area contributed by atoms with E-state index in [1.54, 1.807) is 18.7 Å². The van der Waals surface area contributed by atoms with Crippen molar-refractivity contribution in [3.63, 3.8) is 0 Å². The number of nitrogens with zero attached hydrogens (tertiary/aromatic N) is 6. The topological polar surface area (TPSA) is 123 Å². The van der Waals surface area contributed by atoms with Gasteiger partial charge in [0.1, 0.15) is 5.82 Å². The Morgan fingerprint density at radius 2 is 1.97 bits per heavy atom. The molecule has 0 spiro atoms. The van der Waals surface area contributed by atoms with Crippen LogP contribution in [0.15, 0.2) is 29.9 Å². The van der Waals surface area contributed by atoms with Gasteiger partial charge in [-0.2, -0.15) is 13.2 Å². The van der Waals surface area contributed by atoms with Crippen LogP contribution in [0.3, 0.4) is 0 Å². The first kappa shape index (κ1) is 23.1. The van der Waals surface area contributed by atoms with E-state index in [0.717, 1.165) is 17.1 Å². The summed E-state index contributed by atoms with van der Waals surface area (Å²) in [5.41, 5.74) is 2.40. The molecule has 3 aromatic rings. The second-order valence-corrected chi connectivity index (χ2v) is 7.04. The minimum Gasteiger partial charge on any atom is -0.481 e. The Bertz CT molecular complexity index is 1090. The number of aromatic nitrogens is 5. The monoisotopic (exact) mass is 470 g/mol. The van der Waals surface area contributed by atoms with Crippen LogP contribution in [-0.4, -0.2) is 72.4 Å². The number of hydrogen-bond acceptors (Lipinski definition) is 8. The van der Waals surface area contributed by atoms with Gasteiger partial charge in [-0.1, -0.05) is 4.49 Å². The molecule has 32 heavy (non-hydrogen) atoms. The van der Waals surface area contributed by atoms with Gasteiger partial charge >= 0.3 is 12.1 Å². The number of aliphatic carboxylic acids is 1. The quantitative estimate of drug-likeness (QED) is 0.618. The molecule has 0 fully saturated rings. The van der Waals surface area contributed by atoms with Crippen molar-refractivity contribution in [3.05, 3.63) is 41.4 Å². The lowest BCUT2D eigenvalue weighted by molar-refractivity contribution is -0.192. The second-order valence-electron chi connectivity index (χ2n) is 6.43. The number of pyridine rings is 1. The first-order valence-corrected chi connectivity index (χ1v) is 9.95. The van der Waals surface area contributed by atoms with Crippen molar-refractivity contribution in [2.75, 3.05) is 20.2 Å². The number of carbonyl (C=O) groups excluding carboxylic acids is 1. The van der Waals surface area contributed by atoms with Gasteiger partial charge in [0.05, 0.1) is 19.0 Å². The lowest BCUT2D eigenvalue weighted by atomic mass is 10.2. The zero-order valence-corrected chi connectivity index (χ0v) is 17.4. The van der Waals surface area contributed by atoms with Crippen LogP contribution >= 0.6 is 11.5 Å². The minimum atomic E-state index is -5.08. The van der Waals surface area contributed by atoms with Crippen molar-refractivity contribution in [1.29, 1.82) is 0 Å². The molecule has 4 heterocycles. The van der Waals surface area contributed by atoms with E-state index in [1.807, 2.05) is 23.2 Å². The fraction of sp³-hybridized carbons (Fsp3) is 0.333. The molecule has 0 saturated heterocycles. The number of amides is 1. The molecular formula is C18H17F3N6O4S. The highest BCUT2D eigenvalue weighted by Gasteiger charge is 2.38. The molecule has 0 saturated carbocycles. The fourth-order valence-electron chi connectivity index (χ4n) is 2.96. The van der Waals surface area contributed by atoms with E-state index < -0.39 is 12.1 Å². The molecule has 0 aromatic carbocycles. The van der Waals surface area contributed by atoms with Gasteiger partial charge in [0, 0.05) is 49.3 Å². The molecule has 170 valence electrons. The van der Waals surface area contributed by atoms with Crippen molar-refractivity contribution in [2.45, 2.75) is 19.1 Å². The number of rotatable bonds is 3. The zero-order chi connectivity index (χ0) is 23.3. The third kappa shape index (κ3) is 5.38. The number of methoxy groups -OCH3 is 1. The standard InChI is InChI=1S/C16H16N6O2S.C2HF3O2/c1-24-15-8-11(2-4-17-15)13-9-18-14-3-5-21(6-7-22(13)14)16(23)12-10-25-20-19-12;3-2(4,5)1(6)7/h2,4,8-10H,3,5-7H2,1H3;(H,6,7). The summed E-state index contributed by atoms with van der Waals surface area (Å²) in [6.45, 7) is 1.90. The summed E-state index contributed by atoms with van der Waals surface area (Å²) in [5, 5.41) is 12.7. The lowest BCUT2D eigenvalue weighted by Gasteiger charge is -2.18. The van der Waals surface area contributed by atoms with Crippen LogP contribution in [-0.2, 0) is 17.8 Å². The smallest absolute Gasteiger partial charge is 0.481 e. The van der Waals surface area contributed by atoms with E-state index in [4.69, 9.17) is 14.6 Å². The van der Waals surface area contributed by atoms with Gasteiger partial charge in [0.2, 0.25) is 5.88 Å². The number of hydrogen-bond donors (Lipinski definition) is 1. The second kappa shape index (κ2) is 9.72. The molecule has 10 nitrogen and oxygen atoms in total. The Morgan fingerprint density at radius 1 is 1.22 bits per heavy atom. The van der Waals surface area contributed by atoms with Gasteiger partial charge < -0.3 is 19.3 Å². The molecule has 0 aliphatic carbocycles. The summed E-state index contributed by atoms with van der Waals surface area (Å²) in [5.74, 6) is -1.30. The fourth-order valence-corrected chi connectivity index (χ4v) is 3.39. The first-order valence-electron chi connectivity index (χ1n) is 9.12. The van der Waals surface area contributed by atoms with Gasteiger partial charge in [0.15, 0.2) is 5.69 Å². The summed E-state index contributed by atoms with van der Waals surface area (Å²) >= 11 is 1.19. The van der Waals surface area contributed by atoms with Gasteiger partial charge in [0.25, 0.3) is 5.91 Å². The van der Waals surface area contributed by atoms with Crippen LogP contribution in [0, 0.1) is 0 Å². The predicted octanol–water partition coefficient (Wildman–Crippen LogP) is 2.14. The number of carboxylic acid groups (broad SMARTS) is 1. The first-order chi connectivity index (χ1) is 15.2. The molecule has 0 unspecified atom stereocenters. The van der Waals surface area contributed by atoms with E-state index in [9.17, 15) is 18.0 Å². The Labute approximate surface area is 183 Å². The largest absolute Gasteiger partial charge is 0.490 e. The molecule has 1 aliphatic heterocycles. The molecule has 0 bridgehead atoms. The maximum Gasteiger partial charge on any atom is 0.490 e. The number of imidazole rings is 1. The molecule has 4 rings (SSSR count). The van der Waals surface area contributed by atoms with Gasteiger partial charge in [-0.3, -0.25) is 4.79 Å². The maximum atomic E-state index is 12.5. The van der Waals surface area contributed by atoms with Crippen molar-refractivity contribution < 1.29 is 32.6 Å². The average Bonchev–Trinajstić information content (AvgIpc) is 3.39. The highest BCUT2D eigenvalue weighted by Crippen LogP contribution is 2.25. The Kier molecular flexibility index (Phi) is 7.02. The molecule has 0 atom stereocenters. The maximum absolute atomic E-state index is 12.5. The Balaban J connectivity index is 0.000000360. The van der Waals surface area contributed by atoms with E-state index in [-0.39, 0.29) is 5.91 Å². The summed E-state index contributed by atoms with van der Waals surface area (Å²) < 4.78 is 42.9. The van der Waals surface area contributed by atoms with E-state index in [0.29, 0.717) is 37.6 Å². The van der Waals surface area contributed by atoms with Crippen molar-refractivity contribution >= 4 is 23.4 Å². The SMILES string of the molecule is COc1cc(-c2cnc3n2CCN(C(=O)c2csnn2)CC3)ccn1.O=C(O)C(F)(F)F. The van der Waals surface area contributed by atoms with Gasteiger partial charge in [-0.25, -0.2) is 14.8 Å². The molecule has 3 aromatic heterocycles. The van der Waals surface area contributed by atoms with Crippen molar-refractivity contribution in [1.82, 2.24) is 29.0 Å². The van der Waals surface area contributed by atoms with Gasteiger partial charge in [-0.05, 0) is 17.6 Å². The molecule has 1 aliphatic rings. The van der Waals surface area contributed by atoms with E-state index in [1.165, 1.54) is 11.5 Å². The Hall–Kier alpha value is -3.55. The summed E-state index contributed by atoms with van der Waals surface area (Å²) in [4.78, 5) is 31.9. The van der Waals surface area contributed by atoms with E-state index >= 15 is 0 Å². The van der Waals surface area contributed by atoms with Crippen LogP contribution in [0.1, 0.15) is 16.3 Å². The van der Waals surface area contributed by atoms with Crippen LogP contribution in [0.25, 0.3) is 11.3 Å². The zero-order valence-electron chi connectivity index (χ0n) is 16.6. The predicted molar refractivity (Wildman–Crippen MR) is 105 cm³/mol. The molecule has 1 amide bonds. The number of fused-ring (bicyclic) bond motifs is 1. The summed E-state index contributed by atoms with van der Waals surface area (Å²) in [6.07, 6.45) is -0.798. The lowest BCUT2D eigenvalue weighted by Crippen LogP contribution is -2.33. The number of ether oxygens (including phenoxy) is 1. The normalized spacial score (nSPS) is 13.4. The van der Waals surface area contributed by atoms with Crippen LogP contribution < -0.4 is 4.74 Å². The average molecular weight is 470 g/mol. The molecular weight excluding hydrogens is 453 g/mol. The van der Waals surface area contributed by atoms with Crippen LogP contribution in [0.2, 0.25) is 0 Å². The summed E-state index contributed by atoms with van der Waals surface area (Å²) in [6, 6.07) is 3.82. The third-order valence-electron chi connectivity index (χ3n) is 4.49. The molecule has 1 N–H and O–H groups in total. The van der Waals surface area contributed by atoms with Crippen LogP contribution in [0.5, 0.6) is 5.88 Å². The number of carboxylic acids is 1. The summed E-state index contributed by atoms with van der Waals surface area (Å²) in [7, 11) is 1.60. The van der Waals surface area contributed by atoms with Crippen molar-refractivity contribution in [3.8, 4) is 17.1 Å². The van der Waals surface area contributed by atoms with Crippen molar-refractivity contribution in [2.24, 2.45) is 0 Å². The van der Waals surface area contributed by atoms with E-state index in [2.05, 4.69) is 24.1 Å². The van der Waals surface area contributed by atoms with Crippen LogP contribution in [0.4, 0.5) is 13.2 Å². The van der Waals surface area contributed by atoms with Gasteiger partial charge in [-0.15, -0.1) is 5.10 Å². The number of halogens is 3. The number of alkyl halides is 3. The minimum absolute atomic E-state index is 0.0772. The number of carbonyl (C=O) groups is 2. The Morgan fingerprint density at radius 3 is 2.59 bits per heavy atom. The highest BCUT2D eigenvalue weighted by atomic mass is 32.1. The third-order valence-corrected chi connectivity index (χ3v) is 4.99. The molecule has 0 radical (unpaired) electrons. The molecule has 14 heteroatoms. The highest BCUT2D eigenvalue weighted by molar-refractivity contribution is 7.03.